The summed E-state index contributed by atoms with van der Waals surface area (Å²) in [6.07, 6.45) is 0. The van der Waals surface area contributed by atoms with Gasteiger partial charge in [-0.1, -0.05) is 29.8 Å². The summed E-state index contributed by atoms with van der Waals surface area (Å²) >= 11 is 5.97. The van der Waals surface area contributed by atoms with Gasteiger partial charge in [0.05, 0.1) is 12.8 Å². The van der Waals surface area contributed by atoms with Crippen LogP contribution in [-0.2, 0) is 6.61 Å². The molecule has 3 nitrogen and oxygen atoms in total. The number of methoxy groups -OCH3 is 1. The van der Waals surface area contributed by atoms with Crippen molar-refractivity contribution >= 4 is 22.5 Å². The maximum absolute atomic E-state index is 5.97. The van der Waals surface area contributed by atoms with E-state index in [1.807, 2.05) is 42.5 Å². The van der Waals surface area contributed by atoms with Gasteiger partial charge in [0, 0.05) is 10.5 Å². The second kappa shape index (κ2) is 5.47. The predicted octanol–water partition coefficient (Wildman–Crippen LogP) is 4.41. The van der Waals surface area contributed by atoms with Gasteiger partial charge in [0.2, 0.25) is 0 Å². The fourth-order valence-electron chi connectivity index (χ4n) is 2.13. The highest BCUT2D eigenvalue weighted by Crippen LogP contribution is 2.27. The number of aromatic amines is 1. The van der Waals surface area contributed by atoms with E-state index < -0.39 is 0 Å². The van der Waals surface area contributed by atoms with Crippen LogP contribution in [0.1, 0.15) is 5.69 Å². The van der Waals surface area contributed by atoms with Crippen molar-refractivity contribution in [2.45, 2.75) is 6.61 Å². The molecule has 1 heterocycles. The Kier molecular flexibility index (Phi) is 3.52. The highest BCUT2D eigenvalue weighted by Gasteiger charge is 2.05. The highest BCUT2D eigenvalue weighted by atomic mass is 35.5. The maximum atomic E-state index is 5.97. The van der Waals surface area contributed by atoms with Crippen LogP contribution in [0.4, 0.5) is 0 Å². The zero-order chi connectivity index (χ0) is 13.9. The number of para-hydroxylation sites is 2. The third-order valence-electron chi connectivity index (χ3n) is 3.09. The lowest BCUT2D eigenvalue weighted by Crippen LogP contribution is -1.97. The first-order valence-electron chi connectivity index (χ1n) is 6.29. The third-order valence-corrected chi connectivity index (χ3v) is 3.33. The number of H-pyrrole nitrogens is 1. The summed E-state index contributed by atoms with van der Waals surface area (Å²) < 4.78 is 11.0. The summed E-state index contributed by atoms with van der Waals surface area (Å²) in [4.78, 5) is 3.29. The van der Waals surface area contributed by atoms with Crippen molar-refractivity contribution in [1.82, 2.24) is 4.98 Å². The van der Waals surface area contributed by atoms with Crippen molar-refractivity contribution < 1.29 is 9.47 Å². The van der Waals surface area contributed by atoms with Crippen LogP contribution in [0.5, 0.6) is 11.5 Å². The first-order valence-corrected chi connectivity index (χ1v) is 6.67. The maximum Gasteiger partial charge on any atom is 0.161 e. The minimum Gasteiger partial charge on any atom is -0.493 e. The second-order valence-corrected chi connectivity index (χ2v) is 4.90. The summed E-state index contributed by atoms with van der Waals surface area (Å²) in [7, 11) is 1.63. The SMILES string of the molecule is COc1ccccc1OCc1cc2ccc(Cl)cc2[nH]1. The van der Waals surface area contributed by atoms with Crippen LogP contribution in [0.3, 0.4) is 0 Å². The number of aromatic nitrogens is 1. The summed E-state index contributed by atoms with van der Waals surface area (Å²) in [5.41, 5.74) is 2.00. The molecule has 2 aromatic carbocycles. The van der Waals surface area contributed by atoms with Crippen LogP contribution < -0.4 is 9.47 Å². The Morgan fingerprint density at radius 3 is 2.65 bits per heavy atom. The summed E-state index contributed by atoms with van der Waals surface area (Å²) in [5.74, 6) is 1.46. The fourth-order valence-corrected chi connectivity index (χ4v) is 2.30. The minimum absolute atomic E-state index is 0.451. The van der Waals surface area contributed by atoms with Crippen molar-refractivity contribution in [3.63, 3.8) is 0 Å². The lowest BCUT2D eigenvalue weighted by atomic mass is 10.2. The number of benzene rings is 2. The molecule has 0 saturated heterocycles. The molecule has 0 amide bonds. The molecule has 20 heavy (non-hydrogen) atoms. The molecular formula is C16H14ClNO2. The van der Waals surface area contributed by atoms with Gasteiger partial charge in [-0.05, 0) is 35.7 Å². The minimum atomic E-state index is 0.451. The molecule has 0 saturated carbocycles. The van der Waals surface area contributed by atoms with E-state index >= 15 is 0 Å². The van der Waals surface area contributed by atoms with Gasteiger partial charge in [-0.2, -0.15) is 0 Å². The van der Waals surface area contributed by atoms with E-state index in [9.17, 15) is 0 Å². The van der Waals surface area contributed by atoms with Crippen LogP contribution in [0.15, 0.2) is 48.5 Å². The molecule has 1 N–H and O–H groups in total. The van der Waals surface area contributed by atoms with Crippen molar-refractivity contribution in [2.24, 2.45) is 0 Å². The van der Waals surface area contributed by atoms with Crippen LogP contribution in [-0.4, -0.2) is 12.1 Å². The quantitative estimate of drug-likeness (QED) is 0.771. The molecule has 1 aromatic heterocycles. The predicted molar refractivity (Wildman–Crippen MR) is 80.6 cm³/mol. The largest absolute Gasteiger partial charge is 0.493 e. The Morgan fingerprint density at radius 2 is 1.85 bits per heavy atom. The van der Waals surface area contributed by atoms with Crippen molar-refractivity contribution in [3.8, 4) is 11.5 Å². The Morgan fingerprint density at radius 1 is 1.05 bits per heavy atom. The summed E-state index contributed by atoms with van der Waals surface area (Å²) in [5, 5.41) is 1.84. The van der Waals surface area contributed by atoms with Crippen LogP contribution in [0, 0.1) is 0 Å². The number of hydrogen-bond acceptors (Lipinski definition) is 2. The van der Waals surface area contributed by atoms with E-state index in [1.165, 1.54) is 0 Å². The summed E-state index contributed by atoms with van der Waals surface area (Å²) in [6.45, 7) is 0.451. The molecule has 0 atom stereocenters. The zero-order valence-corrected chi connectivity index (χ0v) is 11.8. The van der Waals surface area contributed by atoms with Gasteiger partial charge >= 0.3 is 0 Å². The first-order chi connectivity index (χ1) is 9.76. The van der Waals surface area contributed by atoms with E-state index in [4.69, 9.17) is 21.1 Å². The number of rotatable bonds is 4. The van der Waals surface area contributed by atoms with Gasteiger partial charge in [-0.15, -0.1) is 0 Å². The average Bonchev–Trinajstić information content (AvgIpc) is 2.87. The number of fused-ring (bicyclic) bond motifs is 1. The topological polar surface area (TPSA) is 34.2 Å². The number of ether oxygens (including phenoxy) is 2. The molecule has 102 valence electrons. The van der Waals surface area contributed by atoms with Gasteiger partial charge in [0.25, 0.3) is 0 Å². The zero-order valence-electron chi connectivity index (χ0n) is 11.0. The molecule has 0 aliphatic rings. The summed E-state index contributed by atoms with van der Waals surface area (Å²) in [6, 6.07) is 15.4. The number of hydrogen-bond donors (Lipinski definition) is 1. The molecule has 4 heteroatoms. The molecule has 0 radical (unpaired) electrons. The van der Waals surface area contributed by atoms with Gasteiger partial charge in [0.1, 0.15) is 6.61 Å². The van der Waals surface area contributed by atoms with E-state index in [0.717, 1.165) is 33.1 Å². The molecule has 0 bridgehead atoms. The molecule has 0 spiro atoms. The fraction of sp³-hybridized carbons (Fsp3) is 0.125. The second-order valence-electron chi connectivity index (χ2n) is 4.47. The van der Waals surface area contributed by atoms with Crippen molar-refractivity contribution in [2.75, 3.05) is 7.11 Å². The van der Waals surface area contributed by atoms with Crippen LogP contribution >= 0.6 is 11.6 Å². The molecule has 0 aliphatic carbocycles. The number of halogens is 1. The molecule has 0 unspecified atom stereocenters. The van der Waals surface area contributed by atoms with Crippen molar-refractivity contribution in [3.05, 3.63) is 59.2 Å². The third kappa shape index (κ3) is 2.58. The van der Waals surface area contributed by atoms with Gasteiger partial charge in [0.15, 0.2) is 11.5 Å². The Hall–Kier alpha value is -2.13. The van der Waals surface area contributed by atoms with E-state index in [-0.39, 0.29) is 0 Å². The Labute approximate surface area is 122 Å². The lowest BCUT2D eigenvalue weighted by molar-refractivity contribution is 0.281. The highest BCUT2D eigenvalue weighted by molar-refractivity contribution is 6.31. The molecule has 0 fully saturated rings. The van der Waals surface area contributed by atoms with E-state index in [1.54, 1.807) is 7.11 Å². The van der Waals surface area contributed by atoms with Crippen LogP contribution in [0.2, 0.25) is 5.02 Å². The monoisotopic (exact) mass is 287 g/mol. The Balaban J connectivity index is 1.79. The van der Waals surface area contributed by atoms with Gasteiger partial charge < -0.3 is 14.5 Å². The van der Waals surface area contributed by atoms with E-state index in [2.05, 4.69) is 11.1 Å². The standard InChI is InChI=1S/C16H14ClNO2/c1-19-15-4-2-3-5-16(15)20-10-13-8-11-6-7-12(17)9-14(11)18-13/h2-9,18H,10H2,1H3. The smallest absolute Gasteiger partial charge is 0.161 e. The number of nitrogens with one attached hydrogen (secondary N) is 1. The van der Waals surface area contributed by atoms with Gasteiger partial charge in [-0.3, -0.25) is 0 Å². The van der Waals surface area contributed by atoms with Crippen molar-refractivity contribution in [1.29, 1.82) is 0 Å². The molecule has 0 aliphatic heterocycles. The normalized spacial score (nSPS) is 10.7. The van der Waals surface area contributed by atoms with Gasteiger partial charge in [-0.25, -0.2) is 0 Å². The molecular weight excluding hydrogens is 274 g/mol. The molecule has 3 aromatic rings. The first kappa shape index (κ1) is 12.9. The average molecular weight is 288 g/mol. The molecule has 3 rings (SSSR count). The Bertz CT molecular complexity index is 736. The van der Waals surface area contributed by atoms with Crippen LogP contribution in [0.25, 0.3) is 10.9 Å². The van der Waals surface area contributed by atoms with E-state index in [0.29, 0.717) is 6.61 Å². The lowest BCUT2D eigenvalue weighted by Gasteiger charge is -2.09.